The standard InChI is InChI=1S/C11H14FNO3/c1-6-8(11(15)16-2)3-7(4-9(6)12)10(14)5-13/h3-4,10,14H,5,13H2,1-2H3. The normalized spacial score (nSPS) is 12.3. The Hall–Kier alpha value is -1.46. The lowest BCUT2D eigenvalue weighted by atomic mass is 10.0. The first-order valence-electron chi connectivity index (χ1n) is 4.77. The van der Waals surface area contributed by atoms with Crippen LogP contribution in [-0.4, -0.2) is 24.7 Å². The van der Waals surface area contributed by atoms with Crippen molar-refractivity contribution in [3.05, 3.63) is 34.6 Å². The van der Waals surface area contributed by atoms with Gasteiger partial charge >= 0.3 is 5.97 Å². The van der Waals surface area contributed by atoms with Gasteiger partial charge in [0.2, 0.25) is 0 Å². The summed E-state index contributed by atoms with van der Waals surface area (Å²) in [5.41, 5.74) is 5.83. The van der Waals surface area contributed by atoms with E-state index in [2.05, 4.69) is 4.74 Å². The van der Waals surface area contributed by atoms with Gasteiger partial charge in [-0.05, 0) is 30.2 Å². The summed E-state index contributed by atoms with van der Waals surface area (Å²) >= 11 is 0. The molecule has 5 heteroatoms. The number of esters is 1. The molecule has 0 aromatic heterocycles. The second kappa shape index (κ2) is 5.05. The summed E-state index contributed by atoms with van der Waals surface area (Å²) in [7, 11) is 1.21. The molecule has 0 radical (unpaired) electrons. The molecule has 0 saturated heterocycles. The molecule has 1 rings (SSSR count). The highest BCUT2D eigenvalue weighted by Gasteiger charge is 2.17. The maximum atomic E-state index is 13.5. The Balaban J connectivity index is 3.27. The SMILES string of the molecule is COC(=O)c1cc(C(O)CN)cc(F)c1C. The summed E-state index contributed by atoms with van der Waals surface area (Å²) in [5.74, 6) is -1.20. The molecule has 0 spiro atoms. The first-order chi connectivity index (χ1) is 7.51. The van der Waals surface area contributed by atoms with E-state index in [1.165, 1.54) is 26.2 Å². The van der Waals surface area contributed by atoms with Crippen LogP contribution in [0.25, 0.3) is 0 Å². The first kappa shape index (κ1) is 12.6. The van der Waals surface area contributed by atoms with Crippen molar-refractivity contribution < 1.29 is 19.0 Å². The van der Waals surface area contributed by atoms with E-state index in [0.29, 0.717) is 0 Å². The molecule has 16 heavy (non-hydrogen) atoms. The van der Waals surface area contributed by atoms with Crippen LogP contribution >= 0.6 is 0 Å². The monoisotopic (exact) mass is 227 g/mol. The number of halogens is 1. The zero-order chi connectivity index (χ0) is 12.3. The van der Waals surface area contributed by atoms with Crippen molar-refractivity contribution in [2.45, 2.75) is 13.0 Å². The molecular weight excluding hydrogens is 213 g/mol. The van der Waals surface area contributed by atoms with Crippen LogP contribution in [0.5, 0.6) is 0 Å². The molecule has 1 atom stereocenters. The van der Waals surface area contributed by atoms with E-state index in [4.69, 9.17) is 5.73 Å². The van der Waals surface area contributed by atoms with Crippen LogP contribution in [0.15, 0.2) is 12.1 Å². The molecule has 3 N–H and O–H groups in total. The van der Waals surface area contributed by atoms with Crippen molar-refractivity contribution in [3.8, 4) is 0 Å². The average molecular weight is 227 g/mol. The van der Waals surface area contributed by atoms with Crippen LogP contribution in [0.4, 0.5) is 4.39 Å². The lowest BCUT2D eigenvalue weighted by molar-refractivity contribution is 0.0599. The summed E-state index contributed by atoms with van der Waals surface area (Å²) in [6, 6.07) is 2.56. The lowest BCUT2D eigenvalue weighted by Gasteiger charge is -2.12. The van der Waals surface area contributed by atoms with Gasteiger partial charge in [0.15, 0.2) is 0 Å². The van der Waals surface area contributed by atoms with Gasteiger partial charge in [0.1, 0.15) is 5.82 Å². The molecule has 1 unspecified atom stereocenters. The summed E-state index contributed by atoms with van der Waals surface area (Å²) in [6.07, 6.45) is -0.987. The number of ether oxygens (including phenoxy) is 1. The van der Waals surface area contributed by atoms with E-state index in [1.807, 2.05) is 0 Å². The molecule has 1 aromatic carbocycles. The van der Waals surface area contributed by atoms with Gasteiger partial charge in [0, 0.05) is 6.54 Å². The van der Waals surface area contributed by atoms with E-state index in [1.54, 1.807) is 0 Å². The number of carbonyl (C=O) groups is 1. The van der Waals surface area contributed by atoms with Gasteiger partial charge in [-0.15, -0.1) is 0 Å². The van der Waals surface area contributed by atoms with Crippen LogP contribution in [0.2, 0.25) is 0 Å². The molecule has 0 aliphatic heterocycles. The second-order valence-corrected chi connectivity index (χ2v) is 3.42. The molecule has 0 aliphatic carbocycles. The molecular formula is C11H14FNO3. The average Bonchev–Trinajstić information content (AvgIpc) is 2.30. The van der Waals surface area contributed by atoms with Gasteiger partial charge in [0.25, 0.3) is 0 Å². The number of rotatable bonds is 3. The van der Waals surface area contributed by atoms with Gasteiger partial charge in [-0.3, -0.25) is 0 Å². The number of hydrogen-bond acceptors (Lipinski definition) is 4. The van der Waals surface area contributed by atoms with Crippen molar-refractivity contribution in [2.24, 2.45) is 5.73 Å². The Labute approximate surface area is 92.8 Å². The fraction of sp³-hybridized carbons (Fsp3) is 0.364. The highest BCUT2D eigenvalue weighted by Crippen LogP contribution is 2.20. The van der Waals surface area contributed by atoms with Gasteiger partial charge in [0.05, 0.1) is 18.8 Å². The van der Waals surface area contributed by atoms with Crippen LogP contribution < -0.4 is 5.73 Å². The Morgan fingerprint density at radius 2 is 2.25 bits per heavy atom. The number of aliphatic hydroxyl groups is 1. The molecule has 0 bridgehead atoms. The molecule has 0 fully saturated rings. The molecule has 0 aliphatic rings. The number of aliphatic hydroxyl groups excluding tert-OH is 1. The maximum Gasteiger partial charge on any atom is 0.338 e. The van der Waals surface area contributed by atoms with E-state index in [9.17, 15) is 14.3 Å². The fourth-order valence-electron chi connectivity index (χ4n) is 1.35. The van der Waals surface area contributed by atoms with E-state index in [-0.39, 0.29) is 23.2 Å². The van der Waals surface area contributed by atoms with Crippen molar-refractivity contribution >= 4 is 5.97 Å². The topological polar surface area (TPSA) is 72.5 Å². The Bertz CT molecular complexity index is 406. The van der Waals surface area contributed by atoms with Crippen LogP contribution in [0.1, 0.15) is 27.6 Å². The third-order valence-electron chi connectivity index (χ3n) is 2.38. The Morgan fingerprint density at radius 1 is 1.62 bits per heavy atom. The number of benzene rings is 1. The van der Waals surface area contributed by atoms with Crippen LogP contribution in [0.3, 0.4) is 0 Å². The summed E-state index contributed by atoms with van der Waals surface area (Å²) in [4.78, 5) is 11.3. The predicted octanol–water partition coefficient (Wildman–Crippen LogP) is 0.913. The molecule has 0 amide bonds. The van der Waals surface area contributed by atoms with Gasteiger partial charge < -0.3 is 15.6 Å². The molecule has 88 valence electrons. The third kappa shape index (κ3) is 2.37. The van der Waals surface area contributed by atoms with Crippen molar-refractivity contribution in [1.29, 1.82) is 0 Å². The fourth-order valence-corrected chi connectivity index (χ4v) is 1.35. The first-order valence-corrected chi connectivity index (χ1v) is 4.77. The zero-order valence-electron chi connectivity index (χ0n) is 9.16. The number of nitrogens with two attached hydrogens (primary N) is 1. The van der Waals surface area contributed by atoms with Gasteiger partial charge in [-0.2, -0.15) is 0 Å². The third-order valence-corrected chi connectivity index (χ3v) is 2.38. The minimum absolute atomic E-state index is 0.0386. The minimum atomic E-state index is -0.987. The predicted molar refractivity (Wildman–Crippen MR) is 56.5 cm³/mol. The van der Waals surface area contributed by atoms with Crippen LogP contribution in [-0.2, 0) is 4.74 Å². The van der Waals surface area contributed by atoms with Crippen molar-refractivity contribution in [2.75, 3.05) is 13.7 Å². The Kier molecular flexibility index (Phi) is 3.98. The van der Waals surface area contributed by atoms with Crippen molar-refractivity contribution in [1.82, 2.24) is 0 Å². The zero-order valence-corrected chi connectivity index (χ0v) is 9.16. The summed E-state index contributed by atoms with van der Waals surface area (Å²) in [5, 5.41) is 9.48. The second-order valence-electron chi connectivity index (χ2n) is 3.42. The minimum Gasteiger partial charge on any atom is -0.465 e. The maximum absolute atomic E-state index is 13.5. The number of carbonyl (C=O) groups excluding carboxylic acids is 1. The molecule has 4 nitrogen and oxygen atoms in total. The van der Waals surface area contributed by atoms with Crippen LogP contribution in [0, 0.1) is 12.7 Å². The van der Waals surface area contributed by atoms with Gasteiger partial charge in [-0.1, -0.05) is 0 Å². The highest BCUT2D eigenvalue weighted by atomic mass is 19.1. The number of hydrogen-bond donors (Lipinski definition) is 2. The van der Waals surface area contributed by atoms with E-state index < -0.39 is 17.9 Å². The number of methoxy groups -OCH3 is 1. The summed E-state index contributed by atoms with van der Waals surface area (Å²) in [6.45, 7) is 1.43. The summed E-state index contributed by atoms with van der Waals surface area (Å²) < 4.78 is 18.0. The Morgan fingerprint density at radius 3 is 2.75 bits per heavy atom. The molecule has 0 saturated carbocycles. The smallest absolute Gasteiger partial charge is 0.338 e. The quantitative estimate of drug-likeness (QED) is 0.753. The lowest BCUT2D eigenvalue weighted by Crippen LogP contribution is -2.14. The van der Waals surface area contributed by atoms with Crippen molar-refractivity contribution in [3.63, 3.8) is 0 Å². The highest BCUT2D eigenvalue weighted by molar-refractivity contribution is 5.91. The van der Waals surface area contributed by atoms with E-state index >= 15 is 0 Å². The largest absolute Gasteiger partial charge is 0.465 e. The molecule has 1 aromatic rings. The van der Waals surface area contributed by atoms with Gasteiger partial charge in [-0.25, -0.2) is 9.18 Å². The van der Waals surface area contributed by atoms with E-state index in [0.717, 1.165) is 0 Å². The molecule has 0 heterocycles.